The predicted molar refractivity (Wildman–Crippen MR) is 176 cm³/mol. The summed E-state index contributed by atoms with van der Waals surface area (Å²) in [5.41, 5.74) is 3.75. The SMILES string of the molecule is C=CC(=N\c1c(C)cccc1-c1cc(F)c(CN2CCOCC2)c(F)c1)/C(C=N)=C/CC1CCN(CCOC(C)(C)C)CC1. The van der Waals surface area contributed by atoms with Crippen LogP contribution in [-0.4, -0.2) is 79.9 Å². The number of rotatable bonds is 12. The number of halogens is 2. The number of ether oxygens (including phenoxy) is 2. The lowest BCUT2D eigenvalue weighted by Gasteiger charge is -2.32. The number of allylic oxidation sites excluding steroid dienone is 3. The van der Waals surface area contributed by atoms with Crippen LogP contribution < -0.4 is 0 Å². The van der Waals surface area contributed by atoms with Gasteiger partial charge in [0.1, 0.15) is 11.6 Å². The number of nitrogens with one attached hydrogen (secondary N) is 1. The number of benzene rings is 2. The number of nitrogens with zero attached hydrogens (tertiary/aromatic N) is 3. The van der Waals surface area contributed by atoms with Crippen molar-refractivity contribution in [2.24, 2.45) is 10.9 Å². The lowest BCUT2D eigenvalue weighted by Crippen LogP contribution is -2.37. The predicted octanol–water partition coefficient (Wildman–Crippen LogP) is 7.52. The first kappa shape index (κ1) is 33.8. The summed E-state index contributed by atoms with van der Waals surface area (Å²) in [6.07, 6.45) is 8.09. The van der Waals surface area contributed by atoms with E-state index in [2.05, 4.69) is 38.3 Å². The molecule has 238 valence electrons. The van der Waals surface area contributed by atoms with Crippen LogP contribution >= 0.6 is 0 Å². The molecule has 2 heterocycles. The average Bonchev–Trinajstić information content (AvgIpc) is 2.99. The molecular weight excluding hydrogens is 558 g/mol. The van der Waals surface area contributed by atoms with E-state index < -0.39 is 11.6 Å². The Hall–Kier alpha value is -3.04. The lowest BCUT2D eigenvalue weighted by molar-refractivity contribution is -0.0161. The Morgan fingerprint density at radius 2 is 1.77 bits per heavy atom. The van der Waals surface area contributed by atoms with Gasteiger partial charge < -0.3 is 19.8 Å². The molecule has 0 aromatic heterocycles. The molecule has 4 rings (SSSR count). The number of hydrogen-bond acceptors (Lipinski definition) is 6. The van der Waals surface area contributed by atoms with Crippen LogP contribution in [0.2, 0.25) is 0 Å². The summed E-state index contributed by atoms with van der Waals surface area (Å²) in [4.78, 5) is 9.38. The first-order valence-electron chi connectivity index (χ1n) is 15.7. The van der Waals surface area contributed by atoms with Crippen molar-refractivity contribution in [2.75, 3.05) is 52.5 Å². The first-order chi connectivity index (χ1) is 21.1. The third-order valence-electron chi connectivity index (χ3n) is 8.37. The second-order valence-corrected chi connectivity index (χ2v) is 12.8. The highest BCUT2D eigenvalue weighted by Gasteiger charge is 2.21. The Morgan fingerprint density at radius 3 is 2.39 bits per heavy atom. The van der Waals surface area contributed by atoms with Crippen LogP contribution in [0.5, 0.6) is 0 Å². The van der Waals surface area contributed by atoms with E-state index in [0.29, 0.717) is 60.3 Å². The molecule has 0 saturated carbocycles. The minimum atomic E-state index is -0.570. The van der Waals surface area contributed by atoms with E-state index in [4.69, 9.17) is 19.9 Å². The van der Waals surface area contributed by atoms with Gasteiger partial charge in [-0.1, -0.05) is 30.9 Å². The van der Waals surface area contributed by atoms with Crippen molar-refractivity contribution in [2.45, 2.75) is 59.1 Å². The van der Waals surface area contributed by atoms with Gasteiger partial charge in [0, 0.05) is 49.1 Å². The van der Waals surface area contributed by atoms with Gasteiger partial charge in [-0.05, 0) is 95.3 Å². The van der Waals surface area contributed by atoms with Crippen LogP contribution in [-0.2, 0) is 16.0 Å². The van der Waals surface area contributed by atoms with Crippen molar-refractivity contribution in [3.8, 4) is 11.1 Å². The molecule has 44 heavy (non-hydrogen) atoms. The quantitative estimate of drug-likeness (QED) is 0.254. The summed E-state index contributed by atoms with van der Waals surface area (Å²) >= 11 is 0. The van der Waals surface area contributed by atoms with Gasteiger partial charge in [0.2, 0.25) is 0 Å². The molecular formula is C36H48F2N4O2. The minimum Gasteiger partial charge on any atom is -0.379 e. The van der Waals surface area contributed by atoms with Gasteiger partial charge in [-0.15, -0.1) is 0 Å². The largest absolute Gasteiger partial charge is 0.379 e. The van der Waals surface area contributed by atoms with E-state index in [0.717, 1.165) is 51.1 Å². The lowest BCUT2D eigenvalue weighted by atomic mass is 9.92. The Balaban J connectivity index is 1.49. The van der Waals surface area contributed by atoms with Gasteiger partial charge in [-0.3, -0.25) is 4.90 Å². The highest BCUT2D eigenvalue weighted by Crippen LogP contribution is 2.36. The number of likely N-dealkylation sites (tertiary alicyclic amines) is 1. The number of morpholine rings is 1. The van der Waals surface area contributed by atoms with Crippen LogP contribution in [0.1, 0.15) is 51.2 Å². The molecule has 6 nitrogen and oxygen atoms in total. The van der Waals surface area contributed by atoms with Crippen molar-refractivity contribution < 1.29 is 18.3 Å². The number of para-hydroxylation sites is 1. The van der Waals surface area contributed by atoms with Crippen molar-refractivity contribution >= 4 is 17.6 Å². The topological polar surface area (TPSA) is 61.2 Å². The molecule has 0 aliphatic carbocycles. The van der Waals surface area contributed by atoms with Gasteiger partial charge in [-0.25, -0.2) is 13.8 Å². The smallest absolute Gasteiger partial charge is 0.131 e. The third-order valence-corrected chi connectivity index (χ3v) is 8.37. The zero-order valence-corrected chi connectivity index (χ0v) is 26.8. The number of aryl methyl sites for hydroxylation is 1. The third kappa shape index (κ3) is 9.48. The normalized spacial score (nSPS) is 18.0. The van der Waals surface area contributed by atoms with Gasteiger partial charge in [0.05, 0.1) is 36.8 Å². The molecule has 2 fully saturated rings. The van der Waals surface area contributed by atoms with E-state index in [1.54, 1.807) is 6.08 Å². The molecule has 8 heteroatoms. The van der Waals surface area contributed by atoms with Crippen molar-refractivity contribution in [3.63, 3.8) is 0 Å². The molecule has 0 spiro atoms. The molecule has 0 radical (unpaired) electrons. The van der Waals surface area contributed by atoms with Crippen LogP contribution in [0.25, 0.3) is 11.1 Å². The van der Waals surface area contributed by atoms with E-state index in [9.17, 15) is 0 Å². The van der Waals surface area contributed by atoms with E-state index in [1.165, 1.54) is 18.3 Å². The maximum absolute atomic E-state index is 15.3. The maximum atomic E-state index is 15.3. The Kier molecular flexibility index (Phi) is 12.2. The van der Waals surface area contributed by atoms with Crippen LogP contribution in [0.15, 0.2) is 59.6 Å². The second-order valence-electron chi connectivity index (χ2n) is 12.8. The maximum Gasteiger partial charge on any atom is 0.131 e. The Morgan fingerprint density at radius 1 is 1.09 bits per heavy atom. The fourth-order valence-electron chi connectivity index (χ4n) is 5.74. The molecule has 0 unspecified atom stereocenters. The number of piperidine rings is 1. The zero-order chi connectivity index (χ0) is 31.7. The first-order valence-corrected chi connectivity index (χ1v) is 15.7. The fraction of sp³-hybridized carbons (Fsp3) is 0.500. The van der Waals surface area contributed by atoms with Gasteiger partial charge in [0.15, 0.2) is 0 Å². The summed E-state index contributed by atoms with van der Waals surface area (Å²) in [5.74, 6) is -0.605. The summed E-state index contributed by atoms with van der Waals surface area (Å²) in [6.45, 7) is 18.6. The molecule has 2 aromatic rings. The number of hydrogen-bond donors (Lipinski definition) is 1. The summed E-state index contributed by atoms with van der Waals surface area (Å²) in [7, 11) is 0. The summed E-state index contributed by atoms with van der Waals surface area (Å²) in [6, 6.07) is 8.42. The standard InChI is InChI=1S/C36H48F2N4O2/c1-6-34(28(24-39)11-10-27-12-14-41(15-13-27)18-21-44-36(3,4)5)40-35-26(2)8-7-9-30(35)29-22-32(37)31(33(38)23-29)25-42-16-19-43-20-17-42/h6-9,11,22-24,27,39H,1,10,12-21,25H2,2-5H3/b28-11+,39-24?,40-34+. The summed E-state index contributed by atoms with van der Waals surface area (Å²) < 4.78 is 41.9. The van der Waals surface area contributed by atoms with Crippen molar-refractivity contribution in [1.29, 1.82) is 5.41 Å². The van der Waals surface area contributed by atoms with Crippen LogP contribution in [0.3, 0.4) is 0 Å². The monoisotopic (exact) mass is 606 g/mol. The number of aliphatic imine (C=N–C) groups is 1. The van der Waals surface area contributed by atoms with Crippen molar-refractivity contribution in [1.82, 2.24) is 9.80 Å². The van der Waals surface area contributed by atoms with Gasteiger partial charge >= 0.3 is 0 Å². The summed E-state index contributed by atoms with van der Waals surface area (Å²) in [5, 5.41) is 8.14. The van der Waals surface area contributed by atoms with Gasteiger partial charge in [-0.2, -0.15) is 0 Å². The average molecular weight is 607 g/mol. The van der Waals surface area contributed by atoms with E-state index >= 15 is 8.78 Å². The Bertz CT molecular complexity index is 1330. The second kappa shape index (κ2) is 15.8. The molecule has 2 aliphatic rings. The fourth-order valence-corrected chi connectivity index (χ4v) is 5.74. The van der Waals surface area contributed by atoms with E-state index in [1.807, 2.05) is 30.0 Å². The molecule has 0 bridgehead atoms. The molecule has 2 saturated heterocycles. The van der Waals surface area contributed by atoms with Crippen LogP contribution in [0.4, 0.5) is 14.5 Å². The minimum absolute atomic E-state index is 0.0678. The molecule has 0 atom stereocenters. The molecule has 1 N–H and O–H groups in total. The Labute approximate surface area is 262 Å². The molecule has 2 aromatic carbocycles. The molecule has 2 aliphatic heterocycles. The highest BCUT2D eigenvalue weighted by molar-refractivity contribution is 6.21. The zero-order valence-electron chi connectivity index (χ0n) is 26.8. The van der Waals surface area contributed by atoms with Crippen molar-refractivity contribution in [3.05, 3.63) is 77.4 Å². The molecule has 0 amide bonds. The van der Waals surface area contributed by atoms with Crippen LogP contribution in [0, 0.1) is 29.9 Å². The van der Waals surface area contributed by atoms with E-state index in [-0.39, 0.29) is 17.7 Å². The highest BCUT2D eigenvalue weighted by atomic mass is 19.1. The van der Waals surface area contributed by atoms with Gasteiger partial charge in [0.25, 0.3) is 0 Å².